The Balaban J connectivity index is 2.47. The highest BCUT2D eigenvalue weighted by Crippen LogP contribution is 2.31. The second-order valence-electron chi connectivity index (χ2n) is 9.05. The number of rotatable bonds is 8. The number of anilines is 1. The van der Waals surface area contributed by atoms with Crippen LogP contribution in [0.15, 0.2) is 36.4 Å². The first-order chi connectivity index (χ1) is 16.0. The first-order valence-corrected chi connectivity index (χ1v) is 13.8. The molecule has 0 aromatic heterocycles. The van der Waals surface area contributed by atoms with Gasteiger partial charge in [-0.3, -0.25) is 13.9 Å². The Morgan fingerprint density at radius 2 is 1.57 bits per heavy atom. The molecule has 2 aromatic rings. The summed E-state index contributed by atoms with van der Waals surface area (Å²) in [6.45, 7) is 6.39. The van der Waals surface area contributed by atoms with E-state index in [2.05, 4.69) is 5.32 Å². The minimum absolute atomic E-state index is 0.0185. The number of carbonyl (C=O) groups is 2. The molecule has 0 heterocycles. The van der Waals surface area contributed by atoms with E-state index in [9.17, 15) is 18.0 Å². The average molecular weight is 583 g/mol. The summed E-state index contributed by atoms with van der Waals surface area (Å²) in [6.07, 6.45) is 0.955. The fourth-order valence-electron chi connectivity index (χ4n) is 3.16. The van der Waals surface area contributed by atoms with Crippen LogP contribution in [0, 0.1) is 0 Å². The number of sulfonamides is 1. The van der Waals surface area contributed by atoms with Gasteiger partial charge in [-0.2, -0.15) is 0 Å². The summed E-state index contributed by atoms with van der Waals surface area (Å²) in [5.74, 6) is -1.04. The molecule has 2 rings (SSSR count). The fraction of sp³-hybridized carbons (Fsp3) is 0.391. The van der Waals surface area contributed by atoms with Crippen LogP contribution in [0.2, 0.25) is 20.1 Å². The Bertz CT molecular complexity index is 1220. The first kappa shape index (κ1) is 29.5. The topological polar surface area (TPSA) is 86.8 Å². The zero-order valence-corrected chi connectivity index (χ0v) is 23.7. The van der Waals surface area contributed by atoms with Crippen LogP contribution in [-0.4, -0.2) is 49.5 Å². The van der Waals surface area contributed by atoms with Gasteiger partial charge in [0.25, 0.3) is 0 Å². The molecule has 0 bridgehead atoms. The Morgan fingerprint density at radius 3 is 2.11 bits per heavy atom. The molecule has 0 saturated heterocycles. The number of nitrogens with one attached hydrogen (secondary N) is 1. The molecule has 0 spiro atoms. The molecule has 0 saturated carbocycles. The molecule has 0 aliphatic rings. The van der Waals surface area contributed by atoms with Crippen LogP contribution in [-0.2, 0) is 26.2 Å². The van der Waals surface area contributed by atoms with Gasteiger partial charge in [0.2, 0.25) is 21.8 Å². The van der Waals surface area contributed by atoms with Gasteiger partial charge in [-0.15, -0.1) is 0 Å². The minimum atomic E-state index is -3.94. The first-order valence-electron chi connectivity index (χ1n) is 10.5. The van der Waals surface area contributed by atoms with E-state index < -0.39 is 40.0 Å². The summed E-state index contributed by atoms with van der Waals surface area (Å²) in [7, 11) is -3.94. The minimum Gasteiger partial charge on any atom is -0.350 e. The van der Waals surface area contributed by atoms with E-state index in [0.29, 0.717) is 10.6 Å². The molecule has 0 aliphatic carbocycles. The lowest BCUT2D eigenvalue weighted by atomic mass is 10.1. The molecule has 0 aliphatic heterocycles. The molecule has 0 fully saturated rings. The lowest BCUT2D eigenvalue weighted by Crippen LogP contribution is -2.54. The monoisotopic (exact) mass is 581 g/mol. The molecule has 192 valence electrons. The molecule has 35 heavy (non-hydrogen) atoms. The van der Waals surface area contributed by atoms with Crippen molar-refractivity contribution in [1.29, 1.82) is 0 Å². The van der Waals surface area contributed by atoms with Gasteiger partial charge >= 0.3 is 0 Å². The van der Waals surface area contributed by atoms with Crippen LogP contribution < -0.4 is 9.62 Å². The summed E-state index contributed by atoms with van der Waals surface area (Å²) in [5.41, 5.74) is 0.114. The lowest BCUT2D eigenvalue weighted by Gasteiger charge is -2.33. The third-order valence-electron chi connectivity index (χ3n) is 4.86. The fourth-order valence-corrected chi connectivity index (χ4v) is 4.77. The summed E-state index contributed by atoms with van der Waals surface area (Å²) in [4.78, 5) is 27.8. The molecule has 1 atom stereocenters. The van der Waals surface area contributed by atoms with Gasteiger partial charge in [0, 0.05) is 17.1 Å². The van der Waals surface area contributed by atoms with Crippen LogP contribution in [0.25, 0.3) is 0 Å². The molecule has 7 nitrogen and oxygen atoms in total. The van der Waals surface area contributed by atoms with Gasteiger partial charge < -0.3 is 10.2 Å². The number of benzene rings is 2. The zero-order chi connectivity index (χ0) is 26.7. The van der Waals surface area contributed by atoms with Gasteiger partial charge in [0.1, 0.15) is 12.6 Å². The molecular weight excluding hydrogens is 556 g/mol. The van der Waals surface area contributed by atoms with Crippen molar-refractivity contribution in [1.82, 2.24) is 10.2 Å². The number of amides is 2. The quantitative estimate of drug-likeness (QED) is 0.451. The second-order valence-corrected chi connectivity index (χ2v) is 12.6. The molecule has 0 radical (unpaired) electrons. The number of hydrogen-bond acceptors (Lipinski definition) is 4. The van der Waals surface area contributed by atoms with Crippen molar-refractivity contribution in [2.24, 2.45) is 0 Å². The summed E-state index contributed by atoms with van der Waals surface area (Å²) in [5, 5.41) is 3.81. The highest BCUT2D eigenvalue weighted by atomic mass is 35.5. The summed E-state index contributed by atoms with van der Waals surface area (Å²) in [6, 6.07) is 8.20. The standard InChI is InChI=1S/C23H27Cl4N3O4S/c1-14(22(32)28-23(2,3)4)29(12-15-6-8-17(25)19(27)10-15)21(31)13-30(35(5,33)34)20-11-16(24)7-9-18(20)26/h6-11,14H,12-13H2,1-5H3,(H,28,32)/t14-/m0/s1. The maximum absolute atomic E-state index is 13.5. The number of halogens is 4. The van der Waals surface area contributed by atoms with Crippen LogP contribution in [0.4, 0.5) is 5.69 Å². The Morgan fingerprint density at radius 1 is 0.971 bits per heavy atom. The lowest BCUT2D eigenvalue weighted by molar-refractivity contribution is -0.140. The number of nitrogens with zero attached hydrogens (tertiary/aromatic N) is 2. The van der Waals surface area contributed by atoms with Crippen molar-refractivity contribution in [2.45, 2.75) is 45.8 Å². The third kappa shape index (κ3) is 8.43. The van der Waals surface area contributed by atoms with Gasteiger partial charge in [0.15, 0.2) is 0 Å². The Hall–Kier alpha value is -1.71. The average Bonchev–Trinajstić information content (AvgIpc) is 2.72. The van der Waals surface area contributed by atoms with Crippen LogP contribution in [0.1, 0.15) is 33.3 Å². The van der Waals surface area contributed by atoms with Crippen molar-refractivity contribution < 1.29 is 18.0 Å². The van der Waals surface area contributed by atoms with E-state index in [1.165, 1.54) is 23.1 Å². The predicted octanol–water partition coefficient (Wildman–Crippen LogP) is 5.40. The van der Waals surface area contributed by atoms with Gasteiger partial charge in [-0.05, 0) is 63.6 Å². The van der Waals surface area contributed by atoms with Crippen molar-refractivity contribution in [2.75, 3.05) is 17.1 Å². The van der Waals surface area contributed by atoms with Crippen LogP contribution in [0.3, 0.4) is 0 Å². The maximum atomic E-state index is 13.5. The molecule has 12 heteroatoms. The van der Waals surface area contributed by atoms with Crippen LogP contribution >= 0.6 is 46.4 Å². The maximum Gasteiger partial charge on any atom is 0.244 e. The van der Waals surface area contributed by atoms with E-state index >= 15 is 0 Å². The summed E-state index contributed by atoms with van der Waals surface area (Å²) >= 11 is 24.4. The molecule has 1 N–H and O–H groups in total. The largest absolute Gasteiger partial charge is 0.350 e. The van der Waals surface area contributed by atoms with Crippen molar-refractivity contribution in [3.05, 3.63) is 62.1 Å². The van der Waals surface area contributed by atoms with E-state index in [1.807, 2.05) is 20.8 Å². The van der Waals surface area contributed by atoms with E-state index in [4.69, 9.17) is 46.4 Å². The predicted molar refractivity (Wildman–Crippen MR) is 143 cm³/mol. The Kier molecular flexibility index (Phi) is 9.75. The normalized spacial score (nSPS) is 12.7. The van der Waals surface area contributed by atoms with Gasteiger partial charge in [0.05, 0.1) is 27.0 Å². The zero-order valence-electron chi connectivity index (χ0n) is 19.9. The van der Waals surface area contributed by atoms with Crippen LogP contribution in [0.5, 0.6) is 0 Å². The highest BCUT2D eigenvalue weighted by molar-refractivity contribution is 7.92. The molecule has 2 aromatic carbocycles. The Labute approximate surface area is 226 Å². The molecular formula is C23H27Cl4N3O4S. The van der Waals surface area contributed by atoms with E-state index in [-0.39, 0.29) is 27.3 Å². The highest BCUT2D eigenvalue weighted by Gasteiger charge is 2.32. The second kappa shape index (κ2) is 11.6. The van der Waals surface area contributed by atoms with Gasteiger partial charge in [-0.25, -0.2) is 8.42 Å². The number of carbonyl (C=O) groups excluding carboxylic acids is 2. The third-order valence-corrected chi connectivity index (χ3v) is 7.28. The van der Waals surface area contributed by atoms with Gasteiger partial charge in [-0.1, -0.05) is 52.5 Å². The molecule has 0 unspecified atom stereocenters. The molecule has 2 amide bonds. The summed E-state index contributed by atoms with van der Waals surface area (Å²) < 4.78 is 26.1. The van der Waals surface area contributed by atoms with E-state index in [1.54, 1.807) is 25.1 Å². The SMILES string of the molecule is C[C@@H](C(=O)NC(C)(C)C)N(Cc1ccc(Cl)c(Cl)c1)C(=O)CN(c1cc(Cl)ccc1Cl)S(C)(=O)=O. The number of hydrogen-bond donors (Lipinski definition) is 1. The van der Waals surface area contributed by atoms with E-state index in [0.717, 1.165) is 10.6 Å². The van der Waals surface area contributed by atoms with Crippen molar-refractivity contribution >= 4 is 73.9 Å². The smallest absolute Gasteiger partial charge is 0.244 e. The van der Waals surface area contributed by atoms with Crippen molar-refractivity contribution in [3.63, 3.8) is 0 Å². The van der Waals surface area contributed by atoms with Crippen molar-refractivity contribution in [3.8, 4) is 0 Å².